The van der Waals surface area contributed by atoms with Crippen LogP contribution in [0.15, 0.2) is 0 Å². The lowest BCUT2D eigenvalue weighted by Crippen LogP contribution is -2.36. The summed E-state index contributed by atoms with van der Waals surface area (Å²) in [6.45, 7) is 0. The number of hydrogen-bond donors (Lipinski definition) is 2. The van der Waals surface area contributed by atoms with E-state index in [9.17, 15) is 4.79 Å². The summed E-state index contributed by atoms with van der Waals surface area (Å²) in [6, 6.07) is 0. The van der Waals surface area contributed by atoms with Gasteiger partial charge in [0.1, 0.15) is 0 Å². The fourth-order valence-corrected chi connectivity index (χ4v) is 1.76. The van der Waals surface area contributed by atoms with E-state index in [1.165, 1.54) is 0 Å². The van der Waals surface area contributed by atoms with E-state index in [1.807, 2.05) is 0 Å². The average Bonchev–Trinajstić information content (AvgIpc) is 2.36. The molecule has 0 aliphatic heterocycles. The van der Waals surface area contributed by atoms with Crippen molar-refractivity contribution in [1.29, 1.82) is 0 Å². The highest BCUT2D eigenvalue weighted by molar-refractivity contribution is 5.80. The largest absolute Gasteiger partial charge is 0.481 e. The van der Waals surface area contributed by atoms with Crippen molar-refractivity contribution >= 4 is 5.97 Å². The molecule has 0 bridgehead atoms. The number of aliphatic hydroxyl groups is 1. The lowest BCUT2D eigenvalue weighted by molar-refractivity contribution is -0.150. The minimum Gasteiger partial charge on any atom is -0.481 e. The molecule has 0 amide bonds. The highest BCUT2D eigenvalue weighted by Gasteiger charge is 2.71. The summed E-state index contributed by atoms with van der Waals surface area (Å²) in [5.41, 5.74) is -0.473. The van der Waals surface area contributed by atoms with Gasteiger partial charge < -0.3 is 10.2 Å². The van der Waals surface area contributed by atoms with E-state index < -0.39 is 11.4 Å². The Balaban J connectivity index is 2.12. The molecule has 2 saturated carbocycles. The predicted octanol–water partition coefficient (Wildman–Crippen LogP) is -0.158. The van der Waals surface area contributed by atoms with E-state index in [4.69, 9.17) is 10.2 Å². The predicted molar refractivity (Wildman–Crippen MR) is 28.8 cm³/mol. The van der Waals surface area contributed by atoms with Crippen LogP contribution in [0.5, 0.6) is 0 Å². The molecule has 0 aromatic rings. The lowest BCUT2D eigenvalue weighted by Gasteiger charge is -2.26. The Hall–Kier alpha value is -0.570. The fourth-order valence-electron chi connectivity index (χ4n) is 1.76. The molecule has 0 heterocycles. The van der Waals surface area contributed by atoms with Gasteiger partial charge in [0.15, 0.2) is 0 Å². The molecule has 9 heavy (non-hydrogen) atoms. The normalized spacial score (nSPS) is 53.4. The van der Waals surface area contributed by atoms with Gasteiger partial charge in [-0.05, 0) is 12.8 Å². The van der Waals surface area contributed by atoms with Gasteiger partial charge in [0, 0.05) is 5.92 Å². The highest BCUT2D eigenvalue weighted by atomic mass is 16.4. The Morgan fingerprint density at radius 3 is 2.33 bits per heavy atom. The van der Waals surface area contributed by atoms with Gasteiger partial charge in [-0.1, -0.05) is 0 Å². The lowest BCUT2D eigenvalue weighted by atomic mass is 9.82. The Morgan fingerprint density at radius 2 is 2.22 bits per heavy atom. The molecule has 2 aliphatic carbocycles. The quantitative estimate of drug-likeness (QED) is 0.516. The van der Waals surface area contributed by atoms with Crippen LogP contribution in [0.3, 0.4) is 0 Å². The van der Waals surface area contributed by atoms with E-state index in [0.717, 1.165) is 0 Å². The molecule has 2 N–H and O–H groups in total. The smallest absolute Gasteiger partial charge is 0.310 e. The molecule has 3 nitrogen and oxygen atoms in total. The third kappa shape index (κ3) is 0.399. The molecule has 3 atom stereocenters. The summed E-state index contributed by atoms with van der Waals surface area (Å²) in [7, 11) is 0. The van der Waals surface area contributed by atoms with Crippen LogP contribution in [0, 0.1) is 11.3 Å². The molecule has 0 saturated heterocycles. The minimum absolute atomic E-state index is 0.0926. The molecule has 0 aromatic heterocycles. The number of hydrogen-bond acceptors (Lipinski definition) is 2. The highest BCUT2D eigenvalue weighted by Crippen LogP contribution is 2.67. The number of fused-ring (bicyclic) bond motifs is 1. The first-order valence-corrected chi connectivity index (χ1v) is 3.08. The summed E-state index contributed by atoms with van der Waals surface area (Å²) in [6.07, 6.45) is 0.859. The van der Waals surface area contributed by atoms with Crippen LogP contribution >= 0.6 is 0 Å². The van der Waals surface area contributed by atoms with Gasteiger partial charge in [-0.25, -0.2) is 0 Å². The second-order valence-electron chi connectivity index (χ2n) is 3.04. The van der Waals surface area contributed by atoms with Crippen LogP contribution in [-0.2, 0) is 4.79 Å². The molecule has 0 radical (unpaired) electrons. The number of rotatable bonds is 1. The maximum absolute atomic E-state index is 10.4. The molecular weight excluding hydrogens is 120 g/mol. The van der Waals surface area contributed by atoms with Gasteiger partial charge in [-0.15, -0.1) is 0 Å². The summed E-state index contributed by atoms with van der Waals surface area (Å²) >= 11 is 0. The molecule has 2 aliphatic rings. The maximum atomic E-state index is 10.4. The van der Waals surface area contributed by atoms with Crippen molar-refractivity contribution < 1.29 is 15.0 Å². The topological polar surface area (TPSA) is 57.5 Å². The number of aliphatic carboxylic acids is 1. The van der Waals surface area contributed by atoms with E-state index in [0.29, 0.717) is 12.8 Å². The first kappa shape index (κ1) is 5.23. The van der Waals surface area contributed by atoms with Gasteiger partial charge in [-0.2, -0.15) is 0 Å². The third-order valence-corrected chi connectivity index (χ3v) is 2.60. The minimum atomic E-state index is -0.724. The molecule has 50 valence electrons. The van der Waals surface area contributed by atoms with Crippen molar-refractivity contribution in [2.24, 2.45) is 11.3 Å². The zero-order chi connectivity index (χ0) is 6.65. The van der Waals surface area contributed by atoms with Crippen LogP contribution in [0.25, 0.3) is 0 Å². The van der Waals surface area contributed by atoms with Gasteiger partial charge in [-0.3, -0.25) is 4.79 Å². The standard InChI is InChI=1S/C6H8O3/c7-4-2-6(5(8)9)1-3(4)6/h3-4,7H,1-2H2,(H,8,9)/t3-,4-,6-/m1/s1. The van der Waals surface area contributed by atoms with Crippen molar-refractivity contribution in [2.45, 2.75) is 18.9 Å². The van der Waals surface area contributed by atoms with Crippen molar-refractivity contribution in [1.82, 2.24) is 0 Å². The van der Waals surface area contributed by atoms with Crippen LogP contribution in [-0.4, -0.2) is 22.3 Å². The van der Waals surface area contributed by atoms with Crippen LogP contribution in [0.2, 0.25) is 0 Å². The molecule has 3 heteroatoms. The van der Waals surface area contributed by atoms with E-state index in [-0.39, 0.29) is 12.0 Å². The first-order chi connectivity index (χ1) is 4.17. The van der Waals surface area contributed by atoms with Crippen LogP contribution in [0.1, 0.15) is 12.8 Å². The van der Waals surface area contributed by atoms with Crippen molar-refractivity contribution in [3.63, 3.8) is 0 Å². The Morgan fingerprint density at radius 1 is 1.56 bits per heavy atom. The Kier molecular flexibility index (Phi) is 0.662. The van der Waals surface area contributed by atoms with Gasteiger partial charge >= 0.3 is 5.97 Å². The third-order valence-electron chi connectivity index (χ3n) is 2.60. The SMILES string of the molecule is O=C(O)[C@]12C[C@@H](O)[C@H]1C2. The number of carbonyl (C=O) groups is 1. The summed E-state index contributed by atoms with van der Waals surface area (Å²) < 4.78 is 0. The molecule has 2 rings (SSSR count). The molecule has 0 aromatic carbocycles. The van der Waals surface area contributed by atoms with Gasteiger partial charge in [0.05, 0.1) is 11.5 Å². The van der Waals surface area contributed by atoms with E-state index in [2.05, 4.69) is 0 Å². The first-order valence-electron chi connectivity index (χ1n) is 3.08. The molecular formula is C6H8O3. The average molecular weight is 128 g/mol. The van der Waals surface area contributed by atoms with Crippen molar-refractivity contribution in [2.75, 3.05) is 0 Å². The Labute approximate surface area is 52.3 Å². The summed E-state index contributed by atoms with van der Waals surface area (Å²) in [4.78, 5) is 10.4. The number of carboxylic acids is 1. The van der Waals surface area contributed by atoms with Crippen LogP contribution < -0.4 is 0 Å². The number of carboxylic acid groups (broad SMARTS) is 1. The van der Waals surface area contributed by atoms with Gasteiger partial charge in [0.25, 0.3) is 0 Å². The van der Waals surface area contributed by atoms with E-state index >= 15 is 0 Å². The van der Waals surface area contributed by atoms with Gasteiger partial charge in [0.2, 0.25) is 0 Å². The maximum Gasteiger partial charge on any atom is 0.310 e. The zero-order valence-corrected chi connectivity index (χ0v) is 4.87. The second-order valence-corrected chi connectivity index (χ2v) is 3.04. The van der Waals surface area contributed by atoms with Crippen LogP contribution in [0.4, 0.5) is 0 Å². The Bertz CT molecular complexity index is 177. The summed E-state index contributed by atoms with van der Waals surface area (Å²) in [5, 5.41) is 17.4. The molecule has 2 fully saturated rings. The van der Waals surface area contributed by atoms with E-state index in [1.54, 1.807) is 0 Å². The fraction of sp³-hybridized carbons (Fsp3) is 0.833. The molecule has 0 spiro atoms. The number of aliphatic hydroxyl groups excluding tert-OH is 1. The monoisotopic (exact) mass is 128 g/mol. The zero-order valence-electron chi connectivity index (χ0n) is 4.87. The van der Waals surface area contributed by atoms with Crippen molar-refractivity contribution in [3.05, 3.63) is 0 Å². The second kappa shape index (κ2) is 1.14. The van der Waals surface area contributed by atoms with Crippen molar-refractivity contribution in [3.8, 4) is 0 Å². The molecule has 0 unspecified atom stereocenters. The summed E-state index contributed by atoms with van der Waals surface area (Å²) in [5.74, 6) is -0.632.